The van der Waals surface area contributed by atoms with Gasteiger partial charge in [0.05, 0.1) is 61.1 Å². The van der Waals surface area contributed by atoms with Gasteiger partial charge >= 0.3 is 54.0 Å². The predicted molar refractivity (Wildman–Crippen MR) is 433 cm³/mol. The second-order valence-electron chi connectivity index (χ2n) is 27.4. The van der Waals surface area contributed by atoms with Crippen LogP contribution in [0.4, 0.5) is 17.6 Å². The van der Waals surface area contributed by atoms with Gasteiger partial charge in [-0.15, -0.1) is 0 Å². The Balaban J connectivity index is 0.000000152. The van der Waals surface area contributed by atoms with Crippen LogP contribution in [0.2, 0.25) is 20.1 Å². The van der Waals surface area contributed by atoms with Crippen LogP contribution in [0.15, 0.2) is 117 Å². The number of aliphatic hydroxyl groups excluding tert-OH is 12. The number of rotatable bonds is 20. The van der Waals surface area contributed by atoms with Crippen molar-refractivity contribution in [3.8, 4) is 23.0 Å². The number of fused-ring (bicyclic) bond motifs is 4. The number of aromatic amines is 4. The molecule has 4 saturated heterocycles. The third-order valence-electron chi connectivity index (χ3n) is 18.8. The van der Waals surface area contributed by atoms with E-state index in [-0.39, 0.29) is 88.2 Å². The summed E-state index contributed by atoms with van der Waals surface area (Å²) in [6.45, 7) is -13.8. The molecule has 20 atom stereocenters. The highest BCUT2D eigenvalue weighted by Crippen LogP contribution is 2.61. The van der Waals surface area contributed by atoms with Crippen LogP contribution in [-0.2, 0) is 126 Å². The van der Waals surface area contributed by atoms with E-state index in [0.29, 0.717) is 51.5 Å². The van der Waals surface area contributed by atoms with Crippen LogP contribution in [-0.4, -0.2) is 198 Å². The molecular formula is C68H68Cl4F4N8O36P4S4. The Kier molecular flexibility index (Phi) is 27.6. The summed E-state index contributed by atoms with van der Waals surface area (Å²) in [5.74, 6) is -14.1. The van der Waals surface area contributed by atoms with Crippen molar-refractivity contribution in [3.05, 3.63) is 223 Å². The van der Waals surface area contributed by atoms with Gasteiger partial charge in [0.2, 0.25) is 0 Å². The van der Waals surface area contributed by atoms with E-state index in [9.17, 15) is 98.7 Å². The van der Waals surface area contributed by atoms with Crippen molar-refractivity contribution < 1.29 is 179 Å². The Hall–Kier alpha value is -6.68. The lowest BCUT2D eigenvalue weighted by atomic mass is 10.1. The highest BCUT2D eigenvalue weighted by molar-refractivity contribution is 7.72. The van der Waals surface area contributed by atoms with E-state index in [1.807, 2.05) is 0 Å². The average Bonchev–Trinajstić information content (AvgIpc) is 1.55. The highest BCUT2D eigenvalue weighted by Gasteiger charge is 2.62. The lowest BCUT2D eigenvalue weighted by molar-refractivity contribution is -0.205. The first-order valence-electron chi connectivity index (χ1n) is 38.8. The van der Waals surface area contributed by atoms with E-state index in [1.54, 1.807) is 0 Å². The molecule has 4 aromatic heterocycles. The number of phosphoric acid groups is 4. The van der Waals surface area contributed by atoms with Crippen molar-refractivity contribution in [2.45, 2.75) is 150 Å². The molecule has 16 rings (SSSR count). The molecule has 4 fully saturated rings. The van der Waals surface area contributed by atoms with E-state index in [1.165, 1.54) is 72.8 Å². The van der Waals surface area contributed by atoms with Crippen molar-refractivity contribution in [1.82, 2.24) is 38.2 Å². The van der Waals surface area contributed by atoms with E-state index < -0.39 is 211 Å². The molecule has 16 N–H and O–H groups in total. The summed E-state index contributed by atoms with van der Waals surface area (Å²) in [5.41, 5.74) is -2.56. The maximum atomic E-state index is 15.9. The van der Waals surface area contributed by atoms with Gasteiger partial charge in [-0.05, 0) is 72.8 Å². The van der Waals surface area contributed by atoms with Gasteiger partial charge in [-0.25, -0.2) is 55.0 Å². The van der Waals surface area contributed by atoms with Crippen molar-refractivity contribution in [1.29, 1.82) is 0 Å². The molecule has 0 aliphatic carbocycles. The number of benzene rings is 4. The van der Waals surface area contributed by atoms with Gasteiger partial charge in [-0.2, -0.15) is 0 Å². The zero-order valence-electron chi connectivity index (χ0n) is 69.5. The topological polar surface area (TPSA) is 610 Å². The van der Waals surface area contributed by atoms with Crippen LogP contribution >= 0.6 is 127 Å². The Morgan fingerprint density at radius 2 is 0.641 bits per heavy atom. The molecule has 4 unspecified atom stereocenters. The summed E-state index contributed by atoms with van der Waals surface area (Å²) in [4.78, 5) is 57.7. The monoisotopic (exact) mass is 2050 g/mol. The Labute approximate surface area is 761 Å². The van der Waals surface area contributed by atoms with E-state index in [2.05, 4.69) is 24.5 Å². The first-order valence-corrected chi connectivity index (χ1v) is 44.8. The number of hydrogen-bond donors (Lipinski definition) is 16. The standard InChI is InChI=1S/4C17H17ClFN2O9PS/c4*18-10-1-2-11-8(3-10)6-27-31(26,30-11)28-7-17(19)13(24)12(23)15(29-17)21-4-9(5-22)14(32)20-16(21)25/h4*1-4,12-13,15,22-24H,5-7H2,(H,20,25,32)/t4*12-,13+,15-,17-,31?/m1111/s1/i7D2,15D;15D;7D2;. The first kappa shape index (κ1) is 90.5. The number of H-pyrrole nitrogens is 4. The van der Waals surface area contributed by atoms with Gasteiger partial charge in [-0.3, -0.25) is 74.4 Å². The summed E-state index contributed by atoms with van der Waals surface area (Å²) in [6.07, 6.45) is -25.2. The van der Waals surface area contributed by atoms with E-state index in [0.717, 1.165) is 29.4 Å². The fraction of sp³-hybridized carbons (Fsp3) is 0.412. The molecule has 0 saturated carbocycles. The summed E-state index contributed by atoms with van der Waals surface area (Å²) in [7, 11) is -18.4. The van der Waals surface area contributed by atoms with Gasteiger partial charge in [0.25, 0.3) is 23.4 Å². The van der Waals surface area contributed by atoms with Gasteiger partial charge in [0.1, 0.15) is 117 Å². The summed E-state index contributed by atoms with van der Waals surface area (Å²) in [6, 6.07) is 17.1. The number of hydrogen-bond acceptors (Lipinski definition) is 40. The van der Waals surface area contributed by atoms with Crippen LogP contribution < -0.4 is 40.9 Å². The zero-order chi connectivity index (χ0) is 98.5. The Bertz CT molecular complexity index is 6660. The number of aromatic nitrogens is 8. The molecule has 0 bridgehead atoms. The molecule has 0 radical (unpaired) electrons. The number of nitrogens with zero attached hydrogens (tertiary/aromatic N) is 4. The number of aliphatic hydroxyl groups is 12. The zero-order valence-corrected chi connectivity index (χ0v) is 73.3. The molecule has 0 spiro atoms. The predicted octanol–water partition coefficient (Wildman–Crippen LogP) is 6.81. The molecule has 12 heterocycles. The fourth-order valence-electron chi connectivity index (χ4n) is 12.1. The molecule has 128 heavy (non-hydrogen) atoms. The third-order valence-corrected chi connectivity index (χ3v) is 26.2. The molecule has 44 nitrogen and oxygen atoms in total. The number of halogens is 8. The van der Waals surface area contributed by atoms with Crippen LogP contribution in [0, 0.1) is 18.6 Å². The van der Waals surface area contributed by atoms with Crippen LogP contribution in [0.25, 0.3) is 0 Å². The van der Waals surface area contributed by atoms with Crippen LogP contribution in [0.3, 0.4) is 0 Å². The third kappa shape index (κ3) is 21.1. The van der Waals surface area contributed by atoms with Crippen molar-refractivity contribution in [3.63, 3.8) is 0 Å². The Morgan fingerprint density at radius 1 is 0.398 bits per heavy atom. The van der Waals surface area contributed by atoms with E-state index in [4.69, 9.17) is 172 Å². The summed E-state index contributed by atoms with van der Waals surface area (Å²) >= 11 is 42.9. The second-order valence-corrected chi connectivity index (χ2v) is 37.0. The maximum Gasteiger partial charge on any atom is 0.530 e. The van der Waals surface area contributed by atoms with Gasteiger partial charge in [0, 0.05) is 89.4 Å². The van der Waals surface area contributed by atoms with Crippen LogP contribution in [0.1, 0.15) is 77.6 Å². The molecule has 8 aliphatic rings. The van der Waals surface area contributed by atoms with Gasteiger partial charge in [-0.1, -0.05) is 95.3 Å². The van der Waals surface area contributed by atoms with Gasteiger partial charge < -0.3 is 98.3 Å². The number of phosphoric ester groups is 4. The lowest BCUT2D eigenvalue weighted by Crippen LogP contribution is -2.43. The van der Waals surface area contributed by atoms with Crippen molar-refractivity contribution in [2.75, 3.05) is 26.3 Å². The van der Waals surface area contributed by atoms with Crippen LogP contribution in [0.5, 0.6) is 23.0 Å². The second kappa shape index (κ2) is 39.1. The fourth-order valence-corrected chi connectivity index (χ4v) is 18.4. The Morgan fingerprint density at radius 3 is 0.953 bits per heavy atom. The smallest absolute Gasteiger partial charge is 0.404 e. The molecule has 60 heteroatoms. The summed E-state index contributed by atoms with van der Waals surface area (Å²) < 4.78 is 244. The van der Waals surface area contributed by atoms with Crippen molar-refractivity contribution >= 4 is 127 Å². The van der Waals surface area contributed by atoms with E-state index >= 15 is 17.6 Å². The summed E-state index contributed by atoms with van der Waals surface area (Å²) in [5, 5.41) is 121. The molecule has 0 amide bonds. The molecule has 8 aromatic rings. The minimum absolute atomic E-state index is 0.00252. The number of nitrogens with one attached hydrogen (secondary N) is 4. The minimum atomic E-state index is -4.88. The quantitative estimate of drug-likeness (QED) is 0.0212. The first-order chi connectivity index (χ1) is 62.4. The molecule has 696 valence electrons. The average molecular weight is 2050 g/mol. The molecule has 8 aliphatic heterocycles. The number of ether oxygens (including phenoxy) is 4. The largest absolute Gasteiger partial charge is 0.530 e. The molecule has 4 aromatic carbocycles. The minimum Gasteiger partial charge on any atom is -0.404 e. The highest BCUT2D eigenvalue weighted by atomic mass is 35.5. The number of alkyl halides is 4. The normalized spacial score (nSPS) is 33.9. The lowest BCUT2D eigenvalue weighted by Gasteiger charge is -2.28. The maximum absolute atomic E-state index is 15.9. The van der Waals surface area contributed by atoms with Gasteiger partial charge in [0.15, 0.2) is 24.9 Å². The molecular weight excluding hydrogens is 1970 g/mol. The SMILES string of the molecule is O=c1[nH]c(=S)c(CO)cn1[C@@H]1O[C@](F)(COP2(=O)OCc3cc(Cl)ccc3O2)[C@@H](O)[C@H]1O.[2H]C([2H])(OP1(=O)OCc2cc(Cl)ccc2O1)[C@@]1(F)O[C@@H](n2cc(CO)c(=S)[nH]c2=O)[C@H](O)[C@@H]1O.[2H]C([2H])(OP1(=O)OCc2cc(Cl)ccc2O1)[C@@]1(F)O[C@@]([2H])(n2cc(CO)c(=S)[nH]c2=O)[C@H](O)[C@@H]1O.[2H][C@@]1(n2cc(CO)c(=S)[nH]c2=O)O[C@](F)(COP2(=O)OCc3cc(Cl)ccc3O2)[C@@H](O)[C@H]1O. The van der Waals surface area contributed by atoms with Crippen molar-refractivity contribution in [2.24, 2.45) is 0 Å².